The lowest BCUT2D eigenvalue weighted by atomic mass is 10.2. The molecule has 8 nitrogen and oxygen atoms in total. The van der Waals surface area contributed by atoms with Crippen LogP contribution in [0.1, 0.15) is 5.82 Å². The second kappa shape index (κ2) is 4.03. The number of para-hydroxylation sites is 2. The summed E-state index contributed by atoms with van der Waals surface area (Å²) in [6.45, 7) is 0.110. The molecular weight excluding hydrogens is 212 g/mol. The molecule has 8 heteroatoms. The Hall–Kier alpha value is -2.35. The summed E-state index contributed by atoms with van der Waals surface area (Å²) in [4.78, 5) is 10.3. The van der Waals surface area contributed by atoms with Crippen LogP contribution in [-0.2, 0) is 6.54 Å². The van der Waals surface area contributed by atoms with Gasteiger partial charge in [0.25, 0.3) is 5.69 Å². The van der Waals surface area contributed by atoms with E-state index in [1.165, 1.54) is 10.7 Å². The zero-order valence-electron chi connectivity index (χ0n) is 8.15. The van der Waals surface area contributed by atoms with E-state index in [4.69, 9.17) is 5.73 Å². The molecular formula is C8H8N6O2. The Morgan fingerprint density at radius 1 is 1.44 bits per heavy atom. The van der Waals surface area contributed by atoms with Gasteiger partial charge >= 0.3 is 0 Å². The monoisotopic (exact) mass is 220 g/mol. The number of aromatic nitrogens is 4. The van der Waals surface area contributed by atoms with Gasteiger partial charge in [-0.25, -0.2) is 0 Å². The highest BCUT2D eigenvalue weighted by atomic mass is 16.6. The Kier molecular flexibility index (Phi) is 2.56. The minimum atomic E-state index is -0.489. The molecule has 0 aliphatic heterocycles. The van der Waals surface area contributed by atoms with E-state index < -0.39 is 4.92 Å². The van der Waals surface area contributed by atoms with Crippen LogP contribution in [0, 0.1) is 10.1 Å². The van der Waals surface area contributed by atoms with Gasteiger partial charge in [0.05, 0.1) is 11.5 Å². The summed E-state index contributed by atoms with van der Waals surface area (Å²) in [5.74, 6) is 0.370. The molecule has 2 rings (SSSR count). The number of tetrazole rings is 1. The number of rotatable bonds is 3. The van der Waals surface area contributed by atoms with Crippen LogP contribution < -0.4 is 5.73 Å². The first-order valence-electron chi connectivity index (χ1n) is 4.45. The molecule has 0 spiro atoms. The van der Waals surface area contributed by atoms with Gasteiger partial charge in [-0.1, -0.05) is 12.1 Å². The number of nitrogens with two attached hydrogens (primary N) is 1. The van der Waals surface area contributed by atoms with E-state index in [1.54, 1.807) is 18.2 Å². The Morgan fingerprint density at radius 3 is 2.88 bits per heavy atom. The topological polar surface area (TPSA) is 113 Å². The first kappa shape index (κ1) is 10.2. The molecule has 0 saturated carbocycles. The number of nitro benzene ring substituents is 1. The molecule has 0 aliphatic carbocycles. The maximum Gasteiger partial charge on any atom is 0.295 e. The third-order valence-electron chi connectivity index (χ3n) is 2.02. The number of hydrogen-bond donors (Lipinski definition) is 1. The van der Waals surface area contributed by atoms with Crippen molar-refractivity contribution in [3.05, 3.63) is 40.2 Å². The van der Waals surface area contributed by atoms with E-state index in [0.717, 1.165) is 0 Å². The molecule has 82 valence electrons. The van der Waals surface area contributed by atoms with Crippen molar-refractivity contribution in [2.45, 2.75) is 6.54 Å². The van der Waals surface area contributed by atoms with Crippen LogP contribution >= 0.6 is 0 Å². The third kappa shape index (κ3) is 1.61. The molecule has 1 aromatic heterocycles. The summed E-state index contributed by atoms with van der Waals surface area (Å²) in [5.41, 5.74) is 5.66. The minimum Gasteiger partial charge on any atom is -0.324 e. The molecule has 0 bridgehead atoms. The average molecular weight is 220 g/mol. The predicted molar refractivity (Wildman–Crippen MR) is 53.7 cm³/mol. The lowest BCUT2D eigenvalue weighted by Crippen LogP contribution is -2.09. The highest BCUT2D eigenvalue weighted by molar-refractivity contribution is 5.51. The van der Waals surface area contributed by atoms with Crippen molar-refractivity contribution in [1.29, 1.82) is 0 Å². The average Bonchev–Trinajstić information content (AvgIpc) is 2.76. The molecule has 2 N–H and O–H groups in total. The maximum atomic E-state index is 10.8. The van der Waals surface area contributed by atoms with Gasteiger partial charge in [-0.2, -0.15) is 4.68 Å². The minimum absolute atomic E-state index is 0.0653. The van der Waals surface area contributed by atoms with Gasteiger partial charge < -0.3 is 5.73 Å². The fourth-order valence-corrected chi connectivity index (χ4v) is 1.32. The second-order valence-corrected chi connectivity index (χ2v) is 2.96. The maximum absolute atomic E-state index is 10.8. The van der Waals surface area contributed by atoms with Crippen molar-refractivity contribution in [3.8, 4) is 5.69 Å². The van der Waals surface area contributed by atoms with Crippen molar-refractivity contribution in [3.63, 3.8) is 0 Å². The molecule has 0 atom stereocenters. The number of nitro groups is 1. The second-order valence-electron chi connectivity index (χ2n) is 2.96. The Balaban J connectivity index is 2.60. The zero-order valence-corrected chi connectivity index (χ0v) is 8.15. The standard InChI is InChI=1S/C8H8N6O2/c9-5-8-10-11-12-13(8)6-3-1-2-4-7(6)14(15)16/h1-4H,5,9H2. The molecule has 0 saturated heterocycles. The third-order valence-corrected chi connectivity index (χ3v) is 2.02. The van der Waals surface area contributed by atoms with E-state index in [2.05, 4.69) is 15.5 Å². The molecule has 0 aliphatic rings. The highest BCUT2D eigenvalue weighted by Gasteiger charge is 2.17. The molecule has 0 fully saturated rings. The molecule has 0 radical (unpaired) electrons. The summed E-state index contributed by atoms with van der Waals surface area (Å²) in [6.07, 6.45) is 0. The van der Waals surface area contributed by atoms with Gasteiger partial charge in [-0.3, -0.25) is 10.1 Å². The Labute approximate surface area is 89.8 Å². The molecule has 1 heterocycles. The van der Waals surface area contributed by atoms with Crippen molar-refractivity contribution in [2.75, 3.05) is 0 Å². The van der Waals surface area contributed by atoms with E-state index in [1.807, 2.05) is 0 Å². The fourth-order valence-electron chi connectivity index (χ4n) is 1.32. The van der Waals surface area contributed by atoms with Crippen LogP contribution in [-0.4, -0.2) is 25.1 Å². The highest BCUT2D eigenvalue weighted by Crippen LogP contribution is 2.21. The van der Waals surface area contributed by atoms with Crippen LogP contribution in [0.25, 0.3) is 5.69 Å². The molecule has 2 aromatic rings. The fraction of sp³-hybridized carbons (Fsp3) is 0.125. The summed E-state index contributed by atoms with van der Waals surface area (Å²) >= 11 is 0. The van der Waals surface area contributed by atoms with Gasteiger partial charge in [0, 0.05) is 6.07 Å². The van der Waals surface area contributed by atoms with Gasteiger partial charge in [-0.15, -0.1) is 5.10 Å². The summed E-state index contributed by atoms with van der Waals surface area (Å²) in [7, 11) is 0. The SMILES string of the molecule is NCc1nnnn1-c1ccccc1[N+](=O)[O-]. The molecule has 1 aromatic carbocycles. The van der Waals surface area contributed by atoms with E-state index in [-0.39, 0.29) is 12.2 Å². The molecule has 0 amide bonds. The van der Waals surface area contributed by atoms with E-state index in [0.29, 0.717) is 11.5 Å². The van der Waals surface area contributed by atoms with Crippen molar-refractivity contribution >= 4 is 5.69 Å². The number of benzene rings is 1. The van der Waals surface area contributed by atoms with Crippen LogP contribution in [0.5, 0.6) is 0 Å². The Bertz CT molecular complexity index is 523. The van der Waals surface area contributed by atoms with E-state index >= 15 is 0 Å². The summed E-state index contributed by atoms with van der Waals surface area (Å²) in [6, 6.07) is 6.20. The van der Waals surface area contributed by atoms with Gasteiger partial charge in [0.15, 0.2) is 5.82 Å². The quantitative estimate of drug-likeness (QED) is 0.576. The first-order valence-corrected chi connectivity index (χ1v) is 4.45. The lowest BCUT2D eigenvalue weighted by Gasteiger charge is -2.02. The summed E-state index contributed by atoms with van der Waals surface area (Å²) < 4.78 is 1.26. The molecule has 0 unspecified atom stereocenters. The smallest absolute Gasteiger partial charge is 0.295 e. The Morgan fingerprint density at radius 2 is 2.19 bits per heavy atom. The van der Waals surface area contributed by atoms with Crippen molar-refractivity contribution in [2.24, 2.45) is 5.73 Å². The van der Waals surface area contributed by atoms with Gasteiger partial charge in [-0.05, 0) is 16.5 Å². The van der Waals surface area contributed by atoms with Gasteiger partial charge in [0.1, 0.15) is 5.69 Å². The van der Waals surface area contributed by atoms with E-state index in [9.17, 15) is 10.1 Å². The molecule has 16 heavy (non-hydrogen) atoms. The van der Waals surface area contributed by atoms with Gasteiger partial charge in [0.2, 0.25) is 0 Å². The number of hydrogen-bond acceptors (Lipinski definition) is 6. The van der Waals surface area contributed by atoms with Crippen LogP contribution in [0.2, 0.25) is 0 Å². The number of nitrogens with zero attached hydrogens (tertiary/aromatic N) is 5. The first-order chi connectivity index (χ1) is 7.74. The largest absolute Gasteiger partial charge is 0.324 e. The predicted octanol–water partition coefficient (Wildman–Crippen LogP) is 0.0292. The summed E-state index contributed by atoms with van der Waals surface area (Å²) in [5, 5.41) is 21.6. The lowest BCUT2D eigenvalue weighted by molar-refractivity contribution is -0.384. The zero-order chi connectivity index (χ0) is 11.5. The van der Waals surface area contributed by atoms with Crippen LogP contribution in [0.15, 0.2) is 24.3 Å². The van der Waals surface area contributed by atoms with Crippen LogP contribution in [0.4, 0.5) is 5.69 Å². The van der Waals surface area contributed by atoms with Crippen molar-refractivity contribution in [1.82, 2.24) is 20.2 Å². The normalized spacial score (nSPS) is 10.3. The van der Waals surface area contributed by atoms with Crippen LogP contribution in [0.3, 0.4) is 0 Å². The van der Waals surface area contributed by atoms with Crippen molar-refractivity contribution < 1.29 is 4.92 Å².